The van der Waals surface area contributed by atoms with Gasteiger partial charge < -0.3 is 149 Å². The number of aliphatic hydroxyl groups excluding tert-OH is 18. The number of hydrogen-bond acceptors (Lipinski definition) is 34. The molecule has 510 valence electrons. The minimum absolute atomic E-state index is 0.0234. The van der Waals surface area contributed by atoms with Crippen molar-refractivity contribution < 1.29 is 166 Å². The number of nitrogens with one attached hydrogen (secondary N) is 2. The maximum atomic E-state index is 13.2. The number of rotatable bonds is 28. The van der Waals surface area contributed by atoms with E-state index in [0.717, 1.165) is 18.2 Å². The van der Waals surface area contributed by atoms with Crippen molar-refractivity contribution in [2.24, 2.45) is 0 Å². The number of ether oxygens (including phenoxy) is 12. The Bertz CT molecular complexity index is 2350. The summed E-state index contributed by atoms with van der Waals surface area (Å²) in [6.45, 7) is -1.46. The van der Waals surface area contributed by atoms with Crippen LogP contribution in [0.25, 0.3) is 0 Å². The largest absolute Gasteiger partial charge is 0.394 e. The monoisotopic (exact) mass is 1320 g/mol. The lowest BCUT2D eigenvalue weighted by atomic mass is 9.94. The Morgan fingerprint density at radius 3 is 1.07 bits per heavy atom. The highest BCUT2D eigenvalue weighted by Gasteiger charge is 2.54. The van der Waals surface area contributed by atoms with Gasteiger partial charge in [0.15, 0.2) is 25.2 Å². The lowest BCUT2D eigenvalue weighted by Crippen LogP contribution is -2.64. The fraction of sp³-hybridized carbons (Fsp3) is 0.880. The lowest BCUT2D eigenvalue weighted by molar-refractivity contribution is -0.346. The Kier molecular flexibility index (Phi) is 26.9. The van der Waals surface area contributed by atoms with Gasteiger partial charge in [0, 0.05) is 26.3 Å². The molecule has 6 fully saturated rings. The molecule has 7 rings (SSSR count). The van der Waals surface area contributed by atoms with Crippen LogP contribution in [0.2, 0.25) is 0 Å². The highest BCUT2D eigenvalue weighted by molar-refractivity contribution is 7.90. The number of aliphatic hydroxyl groups is 18. The molecule has 36 nitrogen and oxygen atoms in total. The van der Waals surface area contributed by atoms with E-state index in [4.69, 9.17) is 56.8 Å². The van der Waals surface area contributed by atoms with Crippen LogP contribution in [0, 0.1) is 0 Å². The summed E-state index contributed by atoms with van der Waals surface area (Å²) < 4.78 is 125. The molecule has 1 aromatic rings. The van der Waals surface area contributed by atoms with Crippen molar-refractivity contribution in [3.05, 3.63) is 24.3 Å². The van der Waals surface area contributed by atoms with Gasteiger partial charge in [-0.05, 0) is 44.9 Å². The Hall–Kier alpha value is -2.16. The van der Waals surface area contributed by atoms with E-state index in [1.54, 1.807) is 0 Å². The zero-order valence-corrected chi connectivity index (χ0v) is 49.1. The molecule has 0 amide bonds. The molecule has 6 aliphatic rings. The first kappa shape index (κ1) is 73.3. The molecular weight excluding hydrogens is 1240 g/mol. The summed E-state index contributed by atoms with van der Waals surface area (Å²) in [7, 11) is -8.62. The first-order chi connectivity index (χ1) is 41.5. The van der Waals surface area contributed by atoms with Gasteiger partial charge in [0.2, 0.25) is 20.0 Å². The van der Waals surface area contributed by atoms with Gasteiger partial charge in [-0.1, -0.05) is 6.07 Å². The topological polar surface area (TPSA) is 567 Å². The Labute approximate surface area is 504 Å². The van der Waals surface area contributed by atoms with E-state index in [2.05, 4.69) is 9.44 Å². The molecule has 0 radical (unpaired) electrons. The highest BCUT2D eigenvalue weighted by Crippen LogP contribution is 2.33. The van der Waals surface area contributed by atoms with E-state index < -0.39 is 253 Å². The second-order valence-corrected chi connectivity index (χ2v) is 25.7. The summed E-state index contributed by atoms with van der Waals surface area (Å²) >= 11 is 0. The summed E-state index contributed by atoms with van der Waals surface area (Å²) in [6.07, 6.45) is -48.0. The molecule has 6 heterocycles. The van der Waals surface area contributed by atoms with E-state index in [-0.39, 0.29) is 39.1 Å². The van der Waals surface area contributed by atoms with E-state index in [1.807, 2.05) is 0 Å². The molecule has 0 bridgehead atoms. The van der Waals surface area contributed by atoms with Crippen molar-refractivity contribution in [3.8, 4) is 0 Å². The minimum Gasteiger partial charge on any atom is -0.394 e. The maximum absolute atomic E-state index is 13.2. The van der Waals surface area contributed by atoms with Crippen LogP contribution in [0.15, 0.2) is 34.1 Å². The van der Waals surface area contributed by atoms with Gasteiger partial charge in [0.1, 0.15) is 146 Å². The molecule has 0 saturated carbocycles. The van der Waals surface area contributed by atoms with Crippen LogP contribution in [0.3, 0.4) is 0 Å². The molecule has 6 aliphatic heterocycles. The smallest absolute Gasteiger partial charge is 0.240 e. The van der Waals surface area contributed by atoms with Gasteiger partial charge >= 0.3 is 0 Å². The number of sulfonamides is 2. The average molecular weight is 1320 g/mol. The molecule has 30 atom stereocenters. The van der Waals surface area contributed by atoms with E-state index in [0.29, 0.717) is 0 Å². The average Bonchev–Trinajstić information content (AvgIpc) is 1.85. The summed E-state index contributed by atoms with van der Waals surface area (Å²) in [5, 5.41) is 188. The summed E-state index contributed by atoms with van der Waals surface area (Å²) in [4.78, 5) is -0.820. The Morgan fingerprint density at radius 1 is 0.398 bits per heavy atom. The predicted octanol–water partition coefficient (Wildman–Crippen LogP) is -11.9. The molecule has 6 saturated heterocycles. The Balaban J connectivity index is 0.802. The van der Waals surface area contributed by atoms with Crippen LogP contribution >= 0.6 is 0 Å². The van der Waals surface area contributed by atoms with Crippen LogP contribution in [-0.2, 0) is 76.9 Å². The molecule has 30 unspecified atom stereocenters. The minimum atomic E-state index is -4.31. The van der Waals surface area contributed by atoms with Crippen molar-refractivity contribution in [2.75, 3.05) is 65.9 Å². The van der Waals surface area contributed by atoms with Crippen LogP contribution < -0.4 is 9.44 Å². The SMILES string of the molecule is CC1OC(COC2OC(COCCCNS(=O)(=O)c3cccc(S(=O)(=O)NCCCOCC4OC(OCC5OC(C)C(O)C(OC6OC(CO)C(O)C(O)C6O)C5O)C(O)C(O)C4O)c3)C(O)C(O)C2O)C(O)C(OC2OC(CO)C(O)C(O)C2O)C1O. The Morgan fingerprint density at radius 2 is 0.716 bits per heavy atom. The lowest BCUT2D eigenvalue weighted by Gasteiger charge is -2.46. The highest BCUT2D eigenvalue weighted by atomic mass is 32.2. The maximum Gasteiger partial charge on any atom is 0.240 e. The second kappa shape index (κ2) is 32.3. The second-order valence-electron chi connectivity index (χ2n) is 22.1. The van der Waals surface area contributed by atoms with Gasteiger partial charge in [-0.3, -0.25) is 0 Å². The third-order valence-electron chi connectivity index (χ3n) is 15.8. The summed E-state index contributed by atoms with van der Waals surface area (Å²) in [5.74, 6) is 0. The third-order valence-corrected chi connectivity index (χ3v) is 18.7. The van der Waals surface area contributed by atoms with Gasteiger partial charge in [0.25, 0.3) is 0 Å². The van der Waals surface area contributed by atoms with Crippen molar-refractivity contribution in [1.82, 2.24) is 9.44 Å². The van der Waals surface area contributed by atoms with Gasteiger partial charge in [-0.2, -0.15) is 0 Å². The molecule has 0 spiro atoms. The van der Waals surface area contributed by atoms with Crippen LogP contribution in [0.5, 0.6) is 0 Å². The van der Waals surface area contributed by atoms with Crippen LogP contribution in [0.4, 0.5) is 0 Å². The molecular formula is C50H84N2O34S2. The first-order valence-electron chi connectivity index (χ1n) is 28.4. The van der Waals surface area contributed by atoms with Crippen LogP contribution in [-0.4, -0.2) is 359 Å². The van der Waals surface area contributed by atoms with Crippen molar-refractivity contribution >= 4 is 20.0 Å². The zero-order valence-electron chi connectivity index (χ0n) is 47.5. The number of benzene rings is 1. The van der Waals surface area contributed by atoms with Gasteiger partial charge in [-0.15, -0.1) is 0 Å². The molecule has 0 aliphatic carbocycles. The molecule has 38 heteroatoms. The first-order valence-corrected chi connectivity index (χ1v) is 31.3. The summed E-state index contributed by atoms with van der Waals surface area (Å²) in [5.41, 5.74) is 0. The molecule has 1 aromatic carbocycles. The van der Waals surface area contributed by atoms with Gasteiger partial charge in [-0.25, -0.2) is 26.3 Å². The third kappa shape index (κ3) is 17.4. The normalized spacial score (nSPS) is 43.8. The number of hydrogen-bond donors (Lipinski definition) is 20. The van der Waals surface area contributed by atoms with E-state index in [1.165, 1.54) is 19.9 Å². The predicted molar refractivity (Wildman–Crippen MR) is 283 cm³/mol. The van der Waals surface area contributed by atoms with Crippen molar-refractivity contribution in [3.63, 3.8) is 0 Å². The van der Waals surface area contributed by atoms with Gasteiger partial charge in [0.05, 0.1) is 61.6 Å². The van der Waals surface area contributed by atoms with Crippen molar-refractivity contribution in [1.29, 1.82) is 0 Å². The summed E-state index contributed by atoms with van der Waals surface area (Å²) in [6, 6.07) is 4.43. The van der Waals surface area contributed by atoms with E-state index >= 15 is 0 Å². The quantitative estimate of drug-likeness (QED) is 0.0346. The molecule has 20 N–H and O–H groups in total. The zero-order chi connectivity index (χ0) is 64.7. The standard InChI is InChI=1S/C50H84N2O34S2/c1-19-29(55)45(85-49-43(69)37(63)31(57)23(13-53)81-49)35(61)27(79-19)17-77-47-41(67)39(65)33(59)25(83-47)15-75-10-4-8-51-87(71,72)21-6-3-7-22(12-21)88(73,74)52-9-5-11-76-16-26-34(60)40(66)42(68)48(84-26)78-18-28-36(62)46(30(56)20(2)80-28)86-50-44(70)38(64)32(58)24(14-54)82-50/h3,6-7,12,19-20,23-70H,4-5,8-11,13-18H2,1-2H3. The van der Waals surface area contributed by atoms with E-state index in [9.17, 15) is 109 Å². The fourth-order valence-electron chi connectivity index (χ4n) is 10.4. The fourth-order valence-corrected chi connectivity index (χ4v) is 12.7. The molecule has 88 heavy (non-hydrogen) atoms. The van der Waals surface area contributed by atoms with Crippen molar-refractivity contribution in [2.45, 2.75) is 220 Å². The van der Waals surface area contributed by atoms with Crippen LogP contribution in [0.1, 0.15) is 26.7 Å². The molecule has 0 aromatic heterocycles.